The molecule has 3 aromatic rings. The van der Waals surface area contributed by atoms with Gasteiger partial charge in [-0.3, -0.25) is 9.67 Å². The molecule has 0 saturated heterocycles. The molecule has 0 unspecified atom stereocenters. The smallest absolute Gasteiger partial charge is 0.234 e. The van der Waals surface area contributed by atoms with Gasteiger partial charge in [0.2, 0.25) is 10.0 Å². The van der Waals surface area contributed by atoms with Crippen LogP contribution >= 0.6 is 0 Å². The van der Waals surface area contributed by atoms with E-state index in [0.717, 1.165) is 22.5 Å². The molecule has 2 aromatic heterocycles. The molecule has 0 aliphatic carbocycles. The third-order valence-electron chi connectivity index (χ3n) is 3.65. The summed E-state index contributed by atoms with van der Waals surface area (Å²) in [5, 5.41) is 5.58. The maximum Gasteiger partial charge on any atom is 0.234 e. The highest BCUT2D eigenvalue weighted by Gasteiger charge is 2.10. The Morgan fingerprint density at radius 3 is 2.56 bits per heavy atom. The average molecular weight is 354 g/mol. The van der Waals surface area contributed by atoms with Gasteiger partial charge >= 0.3 is 0 Å². The highest BCUT2D eigenvalue weighted by atomic mass is 32.2. The van der Waals surface area contributed by atoms with Crippen LogP contribution in [-0.2, 0) is 23.6 Å². The van der Waals surface area contributed by atoms with Crippen molar-refractivity contribution in [1.29, 1.82) is 0 Å². The summed E-state index contributed by atoms with van der Waals surface area (Å²) in [4.78, 5) is 3.98. The molecule has 6 nitrogen and oxygen atoms in total. The van der Waals surface area contributed by atoms with Crippen LogP contribution in [0.15, 0.2) is 66.3 Å². The van der Waals surface area contributed by atoms with Gasteiger partial charge in [-0.15, -0.1) is 0 Å². The van der Waals surface area contributed by atoms with Gasteiger partial charge in [0.1, 0.15) is 0 Å². The summed E-state index contributed by atoms with van der Waals surface area (Å²) in [6.45, 7) is 0.163. The lowest BCUT2D eigenvalue weighted by atomic mass is 10.2. The molecule has 128 valence electrons. The molecule has 2 heterocycles. The first-order valence-corrected chi connectivity index (χ1v) is 9.24. The van der Waals surface area contributed by atoms with E-state index < -0.39 is 10.0 Å². The molecule has 0 radical (unpaired) electrons. The largest absolute Gasteiger partial charge is 0.271 e. The number of aromatic nitrogens is 3. The predicted molar refractivity (Wildman–Crippen MR) is 97.7 cm³/mol. The van der Waals surface area contributed by atoms with Crippen LogP contribution < -0.4 is 4.72 Å². The van der Waals surface area contributed by atoms with Crippen molar-refractivity contribution in [2.24, 2.45) is 7.05 Å². The maximum atomic E-state index is 12.1. The van der Waals surface area contributed by atoms with Crippen molar-refractivity contribution in [3.8, 4) is 11.3 Å². The monoisotopic (exact) mass is 354 g/mol. The van der Waals surface area contributed by atoms with Gasteiger partial charge in [-0.1, -0.05) is 30.3 Å². The lowest BCUT2D eigenvalue weighted by Crippen LogP contribution is -2.22. The van der Waals surface area contributed by atoms with Gasteiger partial charge in [0.05, 0.1) is 17.9 Å². The Morgan fingerprint density at radius 2 is 1.84 bits per heavy atom. The van der Waals surface area contributed by atoms with Crippen molar-refractivity contribution < 1.29 is 8.42 Å². The number of pyridine rings is 1. The average Bonchev–Trinajstić information content (AvgIpc) is 3.01. The van der Waals surface area contributed by atoms with Crippen molar-refractivity contribution in [2.45, 2.75) is 6.54 Å². The van der Waals surface area contributed by atoms with Crippen molar-refractivity contribution in [3.63, 3.8) is 0 Å². The number of nitrogens with zero attached hydrogens (tertiary/aromatic N) is 3. The topological polar surface area (TPSA) is 76.9 Å². The lowest BCUT2D eigenvalue weighted by Gasteiger charge is -2.03. The third-order valence-corrected chi connectivity index (χ3v) is 4.69. The highest BCUT2D eigenvalue weighted by Crippen LogP contribution is 2.17. The summed E-state index contributed by atoms with van der Waals surface area (Å²) in [5.41, 5.74) is 3.31. The number of rotatable bonds is 6. The molecule has 0 atom stereocenters. The Kier molecular flexibility index (Phi) is 5.06. The van der Waals surface area contributed by atoms with Crippen LogP contribution in [0.1, 0.15) is 11.3 Å². The SMILES string of the molecule is Cn1nc(-c2ccncc2)cc1CNS(=O)(=O)/C=C/c1ccccc1. The molecular formula is C18H18N4O2S. The highest BCUT2D eigenvalue weighted by molar-refractivity contribution is 7.92. The van der Waals surface area contributed by atoms with Crippen LogP contribution in [0.25, 0.3) is 17.3 Å². The van der Waals surface area contributed by atoms with Crippen LogP contribution in [-0.4, -0.2) is 23.2 Å². The number of hydrogen-bond acceptors (Lipinski definition) is 4. The number of sulfonamides is 1. The van der Waals surface area contributed by atoms with Crippen LogP contribution in [0.2, 0.25) is 0 Å². The fourth-order valence-electron chi connectivity index (χ4n) is 2.29. The summed E-state index contributed by atoms with van der Waals surface area (Å²) in [6, 6.07) is 14.9. The molecule has 0 aliphatic heterocycles. The molecule has 3 rings (SSSR count). The minimum absolute atomic E-state index is 0.163. The maximum absolute atomic E-state index is 12.1. The molecule has 1 aromatic carbocycles. The Hall–Kier alpha value is -2.77. The van der Waals surface area contributed by atoms with Crippen LogP contribution in [0.5, 0.6) is 0 Å². The van der Waals surface area contributed by atoms with E-state index in [1.54, 1.807) is 30.2 Å². The number of benzene rings is 1. The van der Waals surface area contributed by atoms with Gasteiger partial charge in [-0.05, 0) is 29.8 Å². The zero-order valence-corrected chi connectivity index (χ0v) is 14.5. The summed E-state index contributed by atoms with van der Waals surface area (Å²) in [6.07, 6.45) is 4.95. The van der Waals surface area contributed by atoms with Crippen molar-refractivity contribution in [1.82, 2.24) is 19.5 Å². The quantitative estimate of drug-likeness (QED) is 0.738. The minimum Gasteiger partial charge on any atom is -0.271 e. The molecule has 0 amide bonds. The van der Waals surface area contributed by atoms with Gasteiger partial charge in [0, 0.05) is 30.4 Å². The van der Waals surface area contributed by atoms with E-state index in [9.17, 15) is 8.42 Å². The Balaban J connectivity index is 1.69. The van der Waals surface area contributed by atoms with Gasteiger partial charge in [0.25, 0.3) is 0 Å². The molecule has 0 spiro atoms. The first-order chi connectivity index (χ1) is 12.0. The van der Waals surface area contributed by atoms with Crippen LogP contribution in [0.4, 0.5) is 0 Å². The normalized spacial score (nSPS) is 11.9. The third kappa shape index (κ3) is 4.62. The van der Waals surface area contributed by atoms with E-state index in [-0.39, 0.29) is 6.54 Å². The van der Waals surface area contributed by atoms with Crippen LogP contribution in [0, 0.1) is 0 Å². The fraction of sp³-hybridized carbons (Fsp3) is 0.111. The summed E-state index contributed by atoms with van der Waals surface area (Å²) in [5.74, 6) is 0. The minimum atomic E-state index is -3.53. The molecular weight excluding hydrogens is 336 g/mol. The Labute approximate surface area is 146 Å². The first-order valence-electron chi connectivity index (χ1n) is 7.70. The molecule has 1 N–H and O–H groups in total. The number of hydrogen-bond donors (Lipinski definition) is 1. The standard InChI is InChI=1S/C18H18N4O2S/c1-22-17(13-18(21-22)16-7-10-19-11-8-16)14-20-25(23,24)12-9-15-5-3-2-4-6-15/h2-13,20H,14H2,1H3/b12-9+. The van der Waals surface area contributed by atoms with E-state index in [0.29, 0.717) is 0 Å². The first kappa shape index (κ1) is 17.1. The van der Waals surface area contributed by atoms with E-state index in [4.69, 9.17) is 0 Å². The molecule has 0 fully saturated rings. The Morgan fingerprint density at radius 1 is 1.12 bits per heavy atom. The van der Waals surface area contributed by atoms with E-state index in [1.807, 2.05) is 48.5 Å². The second kappa shape index (κ2) is 7.42. The number of aryl methyl sites for hydroxylation is 1. The summed E-state index contributed by atoms with van der Waals surface area (Å²) >= 11 is 0. The van der Waals surface area contributed by atoms with Gasteiger partial charge < -0.3 is 0 Å². The van der Waals surface area contributed by atoms with E-state index in [2.05, 4.69) is 14.8 Å². The van der Waals surface area contributed by atoms with Gasteiger partial charge in [0.15, 0.2) is 0 Å². The van der Waals surface area contributed by atoms with Gasteiger partial charge in [-0.2, -0.15) is 5.10 Å². The summed E-state index contributed by atoms with van der Waals surface area (Å²) < 4.78 is 28.5. The van der Waals surface area contributed by atoms with Crippen molar-refractivity contribution in [2.75, 3.05) is 0 Å². The molecule has 0 bridgehead atoms. The Bertz CT molecular complexity index is 965. The summed E-state index contributed by atoms with van der Waals surface area (Å²) in [7, 11) is -1.75. The molecule has 7 heteroatoms. The zero-order valence-electron chi connectivity index (χ0n) is 13.7. The van der Waals surface area contributed by atoms with Crippen LogP contribution in [0.3, 0.4) is 0 Å². The second-order valence-corrected chi connectivity index (χ2v) is 7.11. The zero-order chi connectivity index (χ0) is 17.7. The molecule has 0 saturated carbocycles. The second-order valence-electron chi connectivity index (χ2n) is 5.46. The fourth-order valence-corrected chi connectivity index (χ4v) is 3.07. The van der Waals surface area contributed by atoms with E-state index in [1.165, 1.54) is 5.41 Å². The van der Waals surface area contributed by atoms with Crippen molar-refractivity contribution in [3.05, 3.63) is 77.6 Å². The lowest BCUT2D eigenvalue weighted by molar-refractivity contribution is 0.586. The van der Waals surface area contributed by atoms with Crippen molar-refractivity contribution >= 4 is 16.1 Å². The molecule has 0 aliphatic rings. The van der Waals surface area contributed by atoms with E-state index >= 15 is 0 Å². The number of nitrogens with one attached hydrogen (secondary N) is 1. The van der Waals surface area contributed by atoms with Gasteiger partial charge in [-0.25, -0.2) is 13.1 Å². The molecule has 25 heavy (non-hydrogen) atoms. The predicted octanol–water partition coefficient (Wildman–Crippen LogP) is 2.57.